The molecule has 0 unspecified atom stereocenters. The Balaban J connectivity index is 1.66. The highest BCUT2D eigenvalue weighted by molar-refractivity contribution is 5.73. The number of carbonyl (C=O) groups excluding carboxylic acids is 1. The molecule has 90 valence electrons. The number of carbonyl (C=O) groups is 1. The standard InChI is InChI=1S/C13H22N2O/c1-15(2)13(16)14-12-7-8-6-11(12)10-5-3-4-9(8)10/h8-12H,3-7H2,1-2H3,(H,14,16)/t8-,9-,10+,11+,12-/m1/s1. The van der Waals surface area contributed by atoms with Crippen LogP contribution in [-0.4, -0.2) is 31.1 Å². The third kappa shape index (κ3) is 1.44. The van der Waals surface area contributed by atoms with Crippen molar-refractivity contribution in [1.29, 1.82) is 0 Å². The third-order valence-electron chi connectivity index (χ3n) is 5.14. The van der Waals surface area contributed by atoms with Gasteiger partial charge in [-0.15, -0.1) is 0 Å². The number of nitrogens with one attached hydrogen (secondary N) is 1. The van der Waals surface area contributed by atoms with Crippen molar-refractivity contribution in [1.82, 2.24) is 10.2 Å². The summed E-state index contributed by atoms with van der Waals surface area (Å²) in [6.45, 7) is 0. The highest BCUT2D eigenvalue weighted by Crippen LogP contribution is 2.58. The number of fused-ring (bicyclic) bond motifs is 5. The molecule has 0 spiro atoms. The predicted octanol–water partition coefficient (Wildman–Crippen LogP) is 2.08. The molecule has 2 bridgehead atoms. The predicted molar refractivity (Wildman–Crippen MR) is 63.1 cm³/mol. The SMILES string of the molecule is CN(C)C(=O)N[C@@H]1C[C@H]2C[C@H]1[C@H]1CCC[C@H]21. The second-order valence-electron chi connectivity index (χ2n) is 6.10. The number of hydrogen-bond acceptors (Lipinski definition) is 1. The van der Waals surface area contributed by atoms with E-state index in [1.54, 1.807) is 4.90 Å². The molecule has 0 aromatic carbocycles. The molecule has 0 radical (unpaired) electrons. The molecular weight excluding hydrogens is 200 g/mol. The molecule has 16 heavy (non-hydrogen) atoms. The van der Waals surface area contributed by atoms with E-state index in [9.17, 15) is 4.79 Å². The molecule has 3 rings (SSSR count). The lowest BCUT2D eigenvalue weighted by atomic mass is 9.79. The van der Waals surface area contributed by atoms with Crippen LogP contribution >= 0.6 is 0 Å². The van der Waals surface area contributed by atoms with E-state index >= 15 is 0 Å². The second kappa shape index (κ2) is 3.64. The molecule has 0 heterocycles. The van der Waals surface area contributed by atoms with Crippen molar-refractivity contribution >= 4 is 6.03 Å². The fourth-order valence-corrected chi connectivity index (χ4v) is 4.52. The van der Waals surface area contributed by atoms with E-state index in [1.165, 1.54) is 32.1 Å². The van der Waals surface area contributed by atoms with Gasteiger partial charge in [0.1, 0.15) is 0 Å². The normalized spacial score (nSPS) is 44.5. The van der Waals surface area contributed by atoms with E-state index in [-0.39, 0.29) is 6.03 Å². The Morgan fingerprint density at radius 1 is 1.12 bits per heavy atom. The first-order chi connectivity index (χ1) is 7.66. The van der Waals surface area contributed by atoms with Crippen molar-refractivity contribution in [3.8, 4) is 0 Å². The summed E-state index contributed by atoms with van der Waals surface area (Å²) in [4.78, 5) is 13.3. The minimum Gasteiger partial charge on any atom is -0.335 e. The maximum Gasteiger partial charge on any atom is 0.317 e. The number of hydrogen-bond donors (Lipinski definition) is 1. The van der Waals surface area contributed by atoms with Gasteiger partial charge >= 0.3 is 6.03 Å². The summed E-state index contributed by atoms with van der Waals surface area (Å²) < 4.78 is 0. The van der Waals surface area contributed by atoms with Gasteiger partial charge < -0.3 is 10.2 Å². The molecule has 0 aromatic heterocycles. The molecule has 3 fully saturated rings. The lowest BCUT2D eigenvalue weighted by Crippen LogP contribution is -2.46. The molecule has 0 saturated heterocycles. The monoisotopic (exact) mass is 222 g/mol. The van der Waals surface area contributed by atoms with Crippen molar-refractivity contribution in [2.24, 2.45) is 23.7 Å². The number of nitrogens with zero attached hydrogens (tertiary/aromatic N) is 1. The first-order valence-corrected chi connectivity index (χ1v) is 6.64. The van der Waals surface area contributed by atoms with E-state index in [4.69, 9.17) is 0 Å². The molecule has 2 amide bonds. The van der Waals surface area contributed by atoms with Crippen molar-refractivity contribution < 1.29 is 4.79 Å². The molecule has 3 nitrogen and oxygen atoms in total. The summed E-state index contributed by atoms with van der Waals surface area (Å²) in [7, 11) is 3.64. The second-order valence-corrected chi connectivity index (χ2v) is 6.10. The van der Waals surface area contributed by atoms with Gasteiger partial charge in [0.25, 0.3) is 0 Å². The molecule has 3 aliphatic rings. The van der Waals surface area contributed by atoms with Gasteiger partial charge in [0, 0.05) is 20.1 Å². The Morgan fingerprint density at radius 2 is 1.88 bits per heavy atom. The van der Waals surface area contributed by atoms with Gasteiger partial charge in [0.2, 0.25) is 0 Å². The highest BCUT2D eigenvalue weighted by atomic mass is 16.2. The van der Waals surface area contributed by atoms with Gasteiger partial charge in [-0.25, -0.2) is 4.79 Å². The van der Waals surface area contributed by atoms with Crippen LogP contribution in [0.3, 0.4) is 0 Å². The third-order valence-corrected chi connectivity index (χ3v) is 5.14. The molecule has 1 N–H and O–H groups in total. The minimum atomic E-state index is 0.0899. The fraction of sp³-hybridized carbons (Fsp3) is 0.923. The summed E-state index contributed by atoms with van der Waals surface area (Å²) in [5.41, 5.74) is 0. The van der Waals surface area contributed by atoms with Gasteiger partial charge in [0.05, 0.1) is 0 Å². The zero-order chi connectivity index (χ0) is 11.3. The number of amides is 2. The van der Waals surface area contributed by atoms with Crippen LogP contribution in [0.4, 0.5) is 4.79 Å². The van der Waals surface area contributed by atoms with Gasteiger partial charge in [-0.1, -0.05) is 6.42 Å². The van der Waals surface area contributed by atoms with E-state index in [1.807, 2.05) is 14.1 Å². The maximum absolute atomic E-state index is 11.7. The van der Waals surface area contributed by atoms with E-state index < -0.39 is 0 Å². The van der Waals surface area contributed by atoms with Gasteiger partial charge in [-0.3, -0.25) is 0 Å². The lowest BCUT2D eigenvalue weighted by molar-refractivity contribution is 0.184. The van der Waals surface area contributed by atoms with Crippen molar-refractivity contribution in [2.75, 3.05) is 14.1 Å². The van der Waals surface area contributed by atoms with Crippen LogP contribution in [0.5, 0.6) is 0 Å². The first kappa shape index (κ1) is 10.4. The van der Waals surface area contributed by atoms with Crippen LogP contribution < -0.4 is 5.32 Å². The van der Waals surface area contributed by atoms with Crippen molar-refractivity contribution in [3.05, 3.63) is 0 Å². The fourth-order valence-electron chi connectivity index (χ4n) is 4.52. The summed E-state index contributed by atoms with van der Waals surface area (Å²) in [5, 5.41) is 3.21. The quantitative estimate of drug-likeness (QED) is 0.724. The number of rotatable bonds is 1. The Kier molecular flexibility index (Phi) is 2.37. The molecule has 0 aromatic rings. The first-order valence-electron chi connectivity index (χ1n) is 6.64. The van der Waals surface area contributed by atoms with Crippen molar-refractivity contribution in [2.45, 2.75) is 38.1 Å². The Morgan fingerprint density at radius 3 is 2.62 bits per heavy atom. The zero-order valence-electron chi connectivity index (χ0n) is 10.3. The summed E-state index contributed by atoms with van der Waals surface area (Å²) in [6.07, 6.45) is 6.93. The van der Waals surface area contributed by atoms with Crippen molar-refractivity contribution in [3.63, 3.8) is 0 Å². The van der Waals surface area contributed by atoms with Crippen LogP contribution in [0.15, 0.2) is 0 Å². The highest BCUT2D eigenvalue weighted by Gasteiger charge is 2.54. The van der Waals surface area contributed by atoms with Crippen LogP contribution in [-0.2, 0) is 0 Å². The Labute approximate surface area is 97.6 Å². The van der Waals surface area contributed by atoms with Crippen LogP contribution in [0.1, 0.15) is 32.1 Å². The smallest absolute Gasteiger partial charge is 0.317 e. The van der Waals surface area contributed by atoms with E-state index in [0.717, 1.165) is 23.7 Å². The molecule has 5 atom stereocenters. The average molecular weight is 222 g/mol. The van der Waals surface area contributed by atoms with Gasteiger partial charge in [0.15, 0.2) is 0 Å². The number of urea groups is 1. The summed E-state index contributed by atoms with van der Waals surface area (Å²) >= 11 is 0. The van der Waals surface area contributed by atoms with Crippen LogP contribution in [0.25, 0.3) is 0 Å². The average Bonchev–Trinajstić information content (AvgIpc) is 2.87. The summed E-state index contributed by atoms with van der Waals surface area (Å²) in [5.74, 6) is 3.66. The lowest BCUT2D eigenvalue weighted by Gasteiger charge is -2.32. The molecule has 3 saturated carbocycles. The van der Waals surface area contributed by atoms with Gasteiger partial charge in [-0.2, -0.15) is 0 Å². The van der Waals surface area contributed by atoms with Crippen LogP contribution in [0, 0.1) is 23.7 Å². The van der Waals surface area contributed by atoms with Gasteiger partial charge in [-0.05, 0) is 49.4 Å². The largest absolute Gasteiger partial charge is 0.335 e. The Hall–Kier alpha value is -0.730. The minimum absolute atomic E-state index is 0.0899. The molecular formula is C13H22N2O. The molecule has 0 aliphatic heterocycles. The summed E-state index contributed by atoms with van der Waals surface area (Å²) in [6, 6.07) is 0.561. The topological polar surface area (TPSA) is 32.3 Å². The molecule has 3 aliphatic carbocycles. The maximum atomic E-state index is 11.7. The zero-order valence-corrected chi connectivity index (χ0v) is 10.3. The van der Waals surface area contributed by atoms with Crippen LogP contribution in [0.2, 0.25) is 0 Å². The van der Waals surface area contributed by atoms with E-state index in [0.29, 0.717) is 6.04 Å². The molecule has 3 heteroatoms. The van der Waals surface area contributed by atoms with E-state index in [2.05, 4.69) is 5.32 Å². The Bertz CT molecular complexity index is 302.